The van der Waals surface area contributed by atoms with Crippen molar-refractivity contribution < 1.29 is 15.0 Å². The van der Waals surface area contributed by atoms with E-state index in [1.807, 2.05) is 0 Å². The number of carboxylic acid groups (broad SMARTS) is 1. The first kappa shape index (κ1) is 15.0. The molecule has 5 nitrogen and oxygen atoms in total. The Morgan fingerprint density at radius 1 is 1.37 bits per heavy atom. The van der Waals surface area contributed by atoms with Crippen LogP contribution in [0.4, 0.5) is 0 Å². The van der Waals surface area contributed by atoms with Gasteiger partial charge in [-0.25, -0.2) is 4.79 Å². The van der Waals surface area contributed by atoms with Crippen molar-refractivity contribution in [2.24, 2.45) is 0 Å². The molecular weight excluding hydrogens is 244 g/mol. The van der Waals surface area contributed by atoms with E-state index in [2.05, 4.69) is 36.2 Å². The lowest BCUT2D eigenvalue weighted by atomic mass is 10.1. The van der Waals surface area contributed by atoms with Crippen LogP contribution >= 0.6 is 0 Å². The Morgan fingerprint density at radius 3 is 2.53 bits per heavy atom. The summed E-state index contributed by atoms with van der Waals surface area (Å²) in [5.41, 5.74) is 0.821. The number of hydrogen-bond donors (Lipinski definition) is 2. The molecule has 19 heavy (non-hydrogen) atoms. The summed E-state index contributed by atoms with van der Waals surface area (Å²) in [6.45, 7) is 4.20. The summed E-state index contributed by atoms with van der Waals surface area (Å²) in [5.74, 6) is -0.972. The zero-order valence-corrected chi connectivity index (χ0v) is 11.3. The molecule has 0 saturated carbocycles. The second-order valence-electron chi connectivity index (χ2n) is 4.27. The van der Waals surface area contributed by atoms with Gasteiger partial charge in [-0.1, -0.05) is 12.1 Å². The molecule has 1 aromatic carbocycles. The monoisotopic (exact) mass is 264 g/mol. The Morgan fingerprint density at radius 2 is 2.11 bits per heavy atom. The molecule has 0 amide bonds. The second-order valence-corrected chi connectivity index (χ2v) is 4.27. The van der Waals surface area contributed by atoms with Crippen LogP contribution in [0.5, 0.6) is 0 Å². The van der Waals surface area contributed by atoms with E-state index in [9.17, 15) is 4.79 Å². The van der Waals surface area contributed by atoms with Gasteiger partial charge in [0.15, 0.2) is 0 Å². The van der Waals surface area contributed by atoms with E-state index in [-0.39, 0.29) is 12.2 Å². The molecule has 1 aliphatic heterocycles. The minimum Gasteiger partial charge on any atom is -0.478 e. The number of carboxylic acids is 1. The first-order valence-corrected chi connectivity index (χ1v) is 6.12. The predicted octanol–water partition coefficient (Wildman–Crippen LogP) is 1.56. The van der Waals surface area contributed by atoms with Crippen molar-refractivity contribution in [1.82, 2.24) is 9.80 Å². The van der Waals surface area contributed by atoms with E-state index in [1.54, 1.807) is 12.1 Å². The number of rotatable bonds is 3. The second kappa shape index (κ2) is 7.43. The van der Waals surface area contributed by atoms with Gasteiger partial charge >= 0.3 is 5.97 Å². The van der Waals surface area contributed by atoms with E-state index in [0.717, 1.165) is 13.2 Å². The van der Waals surface area contributed by atoms with Crippen LogP contribution in [0, 0.1) is 0 Å². The summed E-state index contributed by atoms with van der Waals surface area (Å²) in [6.07, 6.45) is 4.20. The Balaban J connectivity index is 0.000000200. The highest BCUT2D eigenvalue weighted by Gasteiger charge is 2.03. The lowest BCUT2D eigenvalue weighted by Crippen LogP contribution is -2.21. The number of aliphatic hydroxyl groups is 1. The maximum Gasteiger partial charge on any atom is 0.335 e. The molecule has 2 rings (SSSR count). The highest BCUT2D eigenvalue weighted by atomic mass is 16.4. The highest BCUT2D eigenvalue weighted by molar-refractivity contribution is 5.87. The first-order chi connectivity index (χ1) is 9.06. The van der Waals surface area contributed by atoms with Crippen molar-refractivity contribution in [2.45, 2.75) is 13.5 Å². The minimum atomic E-state index is -0.972. The van der Waals surface area contributed by atoms with Crippen LogP contribution in [0.2, 0.25) is 0 Å². The number of hydrogen-bond acceptors (Lipinski definition) is 4. The first-order valence-electron chi connectivity index (χ1n) is 6.12. The van der Waals surface area contributed by atoms with Crippen LogP contribution in [0.1, 0.15) is 22.8 Å². The molecule has 0 saturated heterocycles. The van der Waals surface area contributed by atoms with Gasteiger partial charge in [0.2, 0.25) is 0 Å². The van der Waals surface area contributed by atoms with Crippen molar-refractivity contribution in [3.05, 3.63) is 47.8 Å². The van der Waals surface area contributed by atoms with Gasteiger partial charge in [0.05, 0.1) is 18.8 Å². The molecule has 0 radical (unpaired) electrons. The summed E-state index contributed by atoms with van der Waals surface area (Å²) in [7, 11) is 2.08. The molecule has 0 unspecified atom stereocenters. The summed E-state index contributed by atoms with van der Waals surface area (Å²) in [5, 5.41) is 17.2. The summed E-state index contributed by atoms with van der Waals surface area (Å²) in [4.78, 5) is 14.8. The fourth-order valence-electron chi connectivity index (χ4n) is 1.60. The lowest BCUT2D eigenvalue weighted by molar-refractivity contribution is 0.0696. The van der Waals surface area contributed by atoms with Crippen LogP contribution in [0.3, 0.4) is 0 Å². The molecule has 104 valence electrons. The number of aromatic carboxylic acids is 1. The van der Waals surface area contributed by atoms with Crippen LogP contribution in [0.15, 0.2) is 36.7 Å². The molecule has 0 fully saturated rings. The van der Waals surface area contributed by atoms with Gasteiger partial charge in [0, 0.05) is 26.0 Å². The number of nitrogens with zero attached hydrogens (tertiary/aromatic N) is 2. The van der Waals surface area contributed by atoms with E-state index in [4.69, 9.17) is 10.2 Å². The fourth-order valence-corrected chi connectivity index (χ4v) is 1.60. The lowest BCUT2D eigenvalue weighted by Gasteiger charge is -2.14. The van der Waals surface area contributed by atoms with Crippen molar-refractivity contribution >= 4 is 5.97 Å². The van der Waals surface area contributed by atoms with Gasteiger partial charge in [0.25, 0.3) is 0 Å². The molecule has 5 heteroatoms. The molecular formula is C14H20N2O3. The van der Waals surface area contributed by atoms with Gasteiger partial charge in [0.1, 0.15) is 0 Å². The quantitative estimate of drug-likeness (QED) is 0.867. The van der Waals surface area contributed by atoms with Gasteiger partial charge in [-0.2, -0.15) is 0 Å². The zero-order valence-electron chi connectivity index (χ0n) is 11.3. The summed E-state index contributed by atoms with van der Waals surface area (Å²) < 4.78 is 0. The molecule has 1 aliphatic rings. The molecule has 2 N–H and O–H groups in total. The Kier molecular flexibility index (Phi) is 5.89. The Labute approximate surface area is 113 Å². The number of benzene rings is 1. The van der Waals surface area contributed by atoms with Crippen LogP contribution in [0.25, 0.3) is 0 Å². The van der Waals surface area contributed by atoms with E-state index < -0.39 is 5.97 Å². The highest BCUT2D eigenvalue weighted by Crippen LogP contribution is 2.04. The third kappa shape index (κ3) is 5.01. The third-order valence-electron chi connectivity index (χ3n) is 2.70. The molecule has 1 aromatic rings. The third-order valence-corrected chi connectivity index (χ3v) is 2.70. The number of carbonyl (C=O) groups is 1. The molecule has 0 aliphatic carbocycles. The Hall–Kier alpha value is -2.01. The smallest absolute Gasteiger partial charge is 0.335 e. The van der Waals surface area contributed by atoms with E-state index >= 15 is 0 Å². The van der Waals surface area contributed by atoms with Crippen LogP contribution < -0.4 is 0 Å². The minimum absolute atomic E-state index is 0.124. The standard InChI is InChI=1S/C8H8O3.C6H12N2/c9-5-6-2-1-3-7(4-6)8(10)11;1-3-8-5-4-7(2)6-8/h1-4,9H,5H2,(H,10,11);4-5H,3,6H2,1-2H3. The average molecular weight is 264 g/mol. The van der Waals surface area contributed by atoms with Crippen LogP contribution in [-0.2, 0) is 6.61 Å². The molecule has 0 bridgehead atoms. The SMILES string of the molecule is CCN1C=CN(C)C1.O=C(O)c1cccc(CO)c1. The van der Waals surface area contributed by atoms with Gasteiger partial charge in [-0.15, -0.1) is 0 Å². The summed E-state index contributed by atoms with van der Waals surface area (Å²) >= 11 is 0. The van der Waals surface area contributed by atoms with Crippen LogP contribution in [-0.4, -0.2) is 46.2 Å². The molecule has 0 aromatic heterocycles. The summed E-state index contributed by atoms with van der Waals surface area (Å²) in [6, 6.07) is 6.21. The van der Waals surface area contributed by atoms with Crippen molar-refractivity contribution in [3.8, 4) is 0 Å². The predicted molar refractivity (Wildman–Crippen MR) is 73.5 cm³/mol. The number of aliphatic hydroxyl groups excluding tert-OH is 1. The van der Waals surface area contributed by atoms with Gasteiger partial charge < -0.3 is 20.0 Å². The zero-order chi connectivity index (χ0) is 14.3. The topological polar surface area (TPSA) is 64.0 Å². The normalized spacial score (nSPS) is 13.2. The maximum absolute atomic E-state index is 10.4. The largest absolute Gasteiger partial charge is 0.478 e. The molecule has 0 spiro atoms. The Bertz CT molecular complexity index is 446. The van der Waals surface area contributed by atoms with Crippen molar-refractivity contribution in [3.63, 3.8) is 0 Å². The van der Waals surface area contributed by atoms with Crippen molar-refractivity contribution in [2.75, 3.05) is 20.3 Å². The average Bonchev–Trinajstić information content (AvgIpc) is 2.85. The van der Waals surface area contributed by atoms with E-state index in [0.29, 0.717) is 5.56 Å². The fraction of sp³-hybridized carbons (Fsp3) is 0.357. The maximum atomic E-state index is 10.4. The van der Waals surface area contributed by atoms with Gasteiger partial charge in [-0.05, 0) is 24.6 Å². The van der Waals surface area contributed by atoms with Crippen molar-refractivity contribution in [1.29, 1.82) is 0 Å². The molecule has 0 atom stereocenters. The molecule has 1 heterocycles. The van der Waals surface area contributed by atoms with Gasteiger partial charge in [-0.3, -0.25) is 0 Å². The van der Waals surface area contributed by atoms with E-state index in [1.165, 1.54) is 12.1 Å².